The van der Waals surface area contributed by atoms with Gasteiger partial charge in [-0.2, -0.15) is 8.78 Å². The molecule has 0 atom stereocenters. The Labute approximate surface area is 172 Å². The number of aromatic nitrogens is 1. The molecule has 0 saturated heterocycles. The molecule has 2 N–H and O–H groups in total. The third-order valence-corrected chi connectivity index (χ3v) is 5.25. The lowest BCUT2D eigenvalue weighted by Crippen LogP contribution is -2.11. The van der Waals surface area contributed by atoms with Crippen LogP contribution >= 0.6 is 0 Å². The highest BCUT2D eigenvalue weighted by molar-refractivity contribution is 6.17. The van der Waals surface area contributed by atoms with Crippen LogP contribution in [0.25, 0.3) is 21.8 Å². The van der Waals surface area contributed by atoms with E-state index in [0.29, 0.717) is 12.1 Å². The van der Waals surface area contributed by atoms with Crippen LogP contribution in [0.3, 0.4) is 0 Å². The van der Waals surface area contributed by atoms with Crippen molar-refractivity contribution in [2.75, 3.05) is 0 Å². The van der Waals surface area contributed by atoms with E-state index in [0.717, 1.165) is 40.2 Å². The summed E-state index contributed by atoms with van der Waals surface area (Å²) in [6, 6.07) is 18.4. The average Bonchev–Trinajstić information content (AvgIpc) is 3.02. The van der Waals surface area contributed by atoms with Crippen LogP contribution in [0.1, 0.15) is 34.8 Å². The number of hydrogen-bond donors (Lipinski definition) is 1. The fourth-order valence-electron chi connectivity index (χ4n) is 3.97. The number of ether oxygens (including phenoxy) is 1. The van der Waals surface area contributed by atoms with E-state index in [9.17, 15) is 13.6 Å². The minimum absolute atomic E-state index is 0.122. The summed E-state index contributed by atoms with van der Waals surface area (Å²) in [6.45, 7) is -0.196. The molecule has 0 bridgehead atoms. The highest BCUT2D eigenvalue weighted by Gasteiger charge is 2.17. The fourth-order valence-corrected chi connectivity index (χ4v) is 3.97. The van der Waals surface area contributed by atoms with Crippen molar-refractivity contribution >= 4 is 27.7 Å². The summed E-state index contributed by atoms with van der Waals surface area (Å²) < 4.78 is 31.4. The standard InChI is InChI=1S/C24H22F2N2O2/c1-2-4-15-9-12-18-21(13-15)28(20-6-3-5-19(22(18)20)23(27)29)14-16-7-10-17(11-8-16)30-24(25)26/h3,5-13,24H,2,4,14H2,1H3,(H2,27,29). The maximum absolute atomic E-state index is 12.4. The molecule has 0 aliphatic carbocycles. The molecule has 3 aromatic carbocycles. The zero-order chi connectivity index (χ0) is 21.3. The number of halogens is 2. The molecule has 0 fully saturated rings. The van der Waals surface area contributed by atoms with Crippen LogP contribution < -0.4 is 10.5 Å². The van der Waals surface area contributed by atoms with Crippen LogP contribution in [-0.4, -0.2) is 17.1 Å². The molecule has 4 aromatic rings. The maximum Gasteiger partial charge on any atom is 0.387 e. The number of rotatable bonds is 7. The monoisotopic (exact) mass is 408 g/mol. The molecule has 0 radical (unpaired) electrons. The van der Waals surface area contributed by atoms with Crippen molar-refractivity contribution < 1.29 is 18.3 Å². The molecule has 30 heavy (non-hydrogen) atoms. The van der Waals surface area contributed by atoms with Crippen molar-refractivity contribution in [1.29, 1.82) is 0 Å². The highest BCUT2D eigenvalue weighted by Crippen LogP contribution is 2.33. The topological polar surface area (TPSA) is 57.2 Å². The molecule has 0 aliphatic rings. The number of nitrogens with zero attached hydrogens (tertiary/aromatic N) is 1. The van der Waals surface area contributed by atoms with Crippen molar-refractivity contribution in [2.24, 2.45) is 5.73 Å². The predicted molar refractivity (Wildman–Crippen MR) is 114 cm³/mol. The van der Waals surface area contributed by atoms with Crippen molar-refractivity contribution in [3.63, 3.8) is 0 Å². The van der Waals surface area contributed by atoms with Gasteiger partial charge in [0.2, 0.25) is 5.91 Å². The molecule has 4 nitrogen and oxygen atoms in total. The van der Waals surface area contributed by atoms with E-state index < -0.39 is 12.5 Å². The number of fused-ring (bicyclic) bond motifs is 3. The number of hydrogen-bond acceptors (Lipinski definition) is 2. The van der Waals surface area contributed by atoms with Crippen LogP contribution in [0.5, 0.6) is 5.75 Å². The lowest BCUT2D eigenvalue weighted by atomic mass is 10.0. The Morgan fingerprint density at radius 2 is 1.77 bits per heavy atom. The van der Waals surface area contributed by atoms with E-state index in [2.05, 4.69) is 28.4 Å². The molecule has 6 heteroatoms. The quantitative estimate of drug-likeness (QED) is 0.439. The predicted octanol–water partition coefficient (Wildman–Crippen LogP) is 5.50. The van der Waals surface area contributed by atoms with Gasteiger partial charge in [-0.05, 0) is 47.9 Å². The normalized spacial score (nSPS) is 11.5. The summed E-state index contributed by atoms with van der Waals surface area (Å²) in [5, 5.41) is 1.80. The zero-order valence-corrected chi connectivity index (χ0v) is 16.6. The number of benzene rings is 3. The first-order chi connectivity index (χ1) is 14.5. The van der Waals surface area contributed by atoms with Gasteiger partial charge in [0.1, 0.15) is 5.75 Å². The second-order valence-electron chi connectivity index (χ2n) is 7.27. The van der Waals surface area contributed by atoms with Crippen molar-refractivity contribution in [3.05, 3.63) is 77.4 Å². The molecule has 1 amide bonds. The zero-order valence-electron chi connectivity index (χ0n) is 16.6. The third kappa shape index (κ3) is 3.73. The van der Waals surface area contributed by atoms with Gasteiger partial charge in [0.15, 0.2) is 0 Å². The Balaban J connectivity index is 1.87. The number of nitrogens with two attached hydrogens (primary N) is 1. The largest absolute Gasteiger partial charge is 0.435 e. The van der Waals surface area contributed by atoms with Gasteiger partial charge < -0.3 is 15.0 Å². The van der Waals surface area contributed by atoms with Crippen molar-refractivity contribution in [3.8, 4) is 5.75 Å². The Morgan fingerprint density at radius 1 is 1.03 bits per heavy atom. The molecule has 1 aromatic heterocycles. The Kier molecular flexibility index (Phi) is 5.40. The van der Waals surface area contributed by atoms with Gasteiger partial charge in [0, 0.05) is 28.4 Å². The van der Waals surface area contributed by atoms with Gasteiger partial charge in [-0.25, -0.2) is 0 Å². The van der Waals surface area contributed by atoms with Gasteiger partial charge in [0.25, 0.3) is 0 Å². The summed E-state index contributed by atoms with van der Waals surface area (Å²) >= 11 is 0. The molecule has 4 rings (SSSR count). The first-order valence-corrected chi connectivity index (χ1v) is 9.85. The van der Waals surface area contributed by atoms with E-state index in [1.165, 1.54) is 17.7 Å². The van der Waals surface area contributed by atoms with E-state index in [1.54, 1.807) is 18.2 Å². The maximum atomic E-state index is 12.4. The molecule has 0 aliphatic heterocycles. The SMILES string of the molecule is CCCc1ccc2c3c(C(N)=O)cccc3n(Cc3ccc(OC(F)F)cc3)c2c1. The average molecular weight is 408 g/mol. The minimum atomic E-state index is -2.85. The number of alkyl halides is 2. The number of amides is 1. The fraction of sp³-hybridized carbons (Fsp3) is 0.208. The van der Waals surface area contributed by atoms with E-state index in [-0.39, 0.29) is 5.75 Å². The van der Waals surface area contributed by atoms with E-state index in [4.69, 9.17) is 5.73 Å². The highest BCUT2D eigenvalue weighted by atomic mass is 19.3. The Hall–Kier alpha value is -3.41. The smallest absolute Gasteiger partial charge is 0.387 e. The molecule has 1 heterocycles. The Morgan fingerprint density at radius 3 is 2.43 bits per heavy atom. The van der Waals surface area contributed by atoms with Crippen LogP contribution in [-0.2, 0) is 13.0 Å². The number of aryl methyl sites for hydroxylation is 1. The Bertz CT molecular complexity index is 1210. The lowest BCUT2D eigenvalue weighted by Gasteiger charge is -2.10. The number of carbonyl (C=O) groups is 1. The van der Waals surface area contributed by atoms with Crippen molar-refractivity contribution in [2.45, 2.75) is 32.9 Å². The van der Waals surface area contributed by atoms with Gasteiger partial charge in [-0.15, -0.1) is 0 Å². The van der Waals surface area contributed by atoms with Gasteiger partial charge in [0.05, 0.1) is 5.52 Å². The molecule has 0 unspecified atom stereocenters. The molecular formula is C24H22F2N2O2. The van der Waals surface area contributed by atoms with Crippen LogP contribution in [0.4, 0.5) is 8.78 Å². The summed E-state index contributed by atoms with van der Waals surface area (Å²) in [5.74, 6) is -0.344. The molecular weight excluding hydrogens is 386 g/mol. The minimum Gasteiger partial charge on any atom is -0.435 e. The first kappa shape index (κ1) is 19.9. The van der Waals surface area contributed by atoms with E-state index >= 15 is 0 Å². The van der Waals surface area contributed by atoms with Crippen LogP contribution in [0.2, 0.25) is 0 Å². The summed E-state index contributed by atoms with van der Waals surface area (Å²) in [7, 11) is 0. The van der Waals surface area contributed by atoms with Gasteiger partial charge in [-0.1, -0.05) is 43.7 Å². The first-order valence-electron chi connectivity index (χ1n) is 9.85. The van der Waals surface area contributed by atoms with Crippen molar-refractivity contribution in [1.82, 2.24) is 4.57 Å². The molecule has 0 saturated carbocycles. The van der Waals surface area contributed by atoms with Crippen LogP contribution in [0, 0.1) is 0 Å². The lowest BCUT2D eigenvalue weighted by molar-refractivity contribution is -0.0498. The second kappa shape index (κ2) is 8.14. The summed E-state index contributed by atoms with van der Waals surface area (Å²) in [6.07, 6.45) is 1.99. The van der Waals surface area contributed by atoms with Crippen LogP contribution in [0.15, 0.2) is 60.7 Å². The second-order valence-corrected chi connectivity index (χ2v) is 7.27. The van der Waals surface area contributed by atoms with E-state index in [1.807, 2.05) is 18.2 Å². The van der Waals surface area contributed by atoms with Gasteiger partial charge in [-0.3, -0.25) is 4.79 Å². The van der Waals surface area contributed by atoms with Gasteiger partial charge >= 0.3 is 6.61 Å². The summed E-state index contributed by atoms with van der Waals surface area (Å²) in [4.78, 5) is 12.1. The molecule has 154 valence electrons. The number of primary amides is 1. The molecule has 0 spiro atoms. The summed E-state index contributed by atoms with van der Waals surface area (Å²) in [5.41, 5.74) is 10.2. The number of carbonyl (C=O) groups excluding carboxylic acids is 1. The third-order valence-electron chi connectivity index (χ3n) is 5.25.